The number of esters is 1. The topological polar surface area (TPSA) is 98.6 Å². The zero-order valence-electron chi connectivity index (χ0n) is 14.8. The molecule has 27 heavy (non-hydrogen) atoms. The van der Waals surface area contributed by atoms with Crippen LogP contribution in [0.4, 0.5) is 16.2 Å². The van der Waals surface area contributed by atoms with E-state index >= 15 is 0 Å². The second kappa shape index (κ2) is 8.25. The number of para-hydroxylation sites is 2. The van der Waals surface area contributed by atoms with E-state index in [2.05, 4.69) is 10.0 Å². The van der Waals surface area contributed by atoms with Crippen LogP contribution in [0.25, 0.3) is 10.4 Å². The van der Waals surface area contributed by atoms with Crippen LogP contribution in [-0.2, 0) is 9.53 Å². The molecule has 2 amide bonds. The van der Waals surface area contributed by atoms with Crippen molar-refractivity contribution in [3.05, 3.63) is 71.1 Å². The highest BCUT2D eigenvalue weighted by molar-refractivity contribution is 6.01. The van der Waals surface area contributed by atoms with Crippen molar-refractivity contribution in [2.45, 2.75) is 18.5 Å². The van der Waals surface area contributed by atoms with Crippen molar-refractivity contribution >= 4 is 23.4 Å². The molecule has 0 unspecified atom stereocenters. The highest BCUT2D eigenvalue weighted by atomic mass is 16.5. The molecule has 1 aliphatic rings. The van der Waals surface area contributed by atoms with Gasteiger partial charge >= 0.3 is 12.0 Å². The monoisotopic (exact) mass is 365 g/mol. The molecular weight excluding hydrogens is 346 g/mol. The molecule has 2 aromatic rings. The first-order valence-electron chi connectivity index (χ1n) is 8.48. The Labute approximate surface area is 156 Å². The fourth-order valence-electron chi connectivity index (χ4n) is 3.19. The van der Waals surface area contributed by atoms with Gasteiger partial charge in [0.25, 0.3) is 0 Å². The Morgan fingerprint density at radius 3 is 2.15 bits per heavy atom. The maximum atomic E-state index is 13.4. The second-order valence-electron chi connectivity index (χ2n) is 6.07. The van der Waals surface area contributed by atoms with Crippen LogP contribution in [0.15, 0.2) is 65.8 Å². The molecule has 1 heterocycles. The van der Waals surface area contributed by atoms with Gasteiger partial charge in [0.2, 0.25) is 0 Å². The van der Waals surface area contributed by atoms with E-state index in [1.807, 2.05) is 60.7 Å². The number of hydrogen-bond acceptors (Lipinski definition) is 4. The van der Waals surface area contributed by atoms with Gasteiger partial charge in [0, 0.05) is 11.5 Å². The van der Waals surface area contributed by atoms with Gasteiger partial charge < -0.3 is 9.64 Å². The summed E-state index contributed by atoms with van der Waals surface area (Å²) in [4.78, 5) is 31.4. The Bertz CT molecular complexity index is 813. The number of urea groups is 1. The summed E-state index contributed by atoms with van der Waals surface area (Å²) in [7, 11) is 1.28. The Balaban J connectivity index is 2.00. The van der Waals surface area contributed by atoms with Crippen LogP contribution in [0.1, 0.15) is 6.42 Å². The maximum absolute atomic E-state index is 13.4. The van der Waals surface area contributed by atoms with E-state index in [-0.39, 0.29) is 19.0 Å². The number of amides is 2. The molecule has 0 bridgehead atoms. The molecule has 1 saturated heterocycles. The number of hydrogen-bond donors (Lipinski definition) is 0. The van der Waals surface area contributed by atoms with Crippen LogP contribution in [0, 0.1) is 0 Å². The van der Waals surface area contributed by atoms with Crippen molar-refractivity contribution in [3.8, 4) is 0 Å². The maximum Gasteiger partial charge on any atom is 0.329 e. The first kappa shape index (κ1) is 18.3. The summed E-state index contributed by atoms with van der Waals surface area (Å²) < 4.78 is 4.85. The van der Waals surface area contributed by atoms with Crippen molar-refractivity contribution in [2.24, 2.45) is 5.11 Å². The van der Waals surface area contributed by atoms with Crippen LogP contribution >= 0.6 is 0 Å². The van der Waals surface area contributed by atoms with Crippen molar-refractivity contribution in [2.75, 3.05) is 18.6 Å². The molecule has 8 nitrogen and oxygen atoms in total. The molecule has 3 rings (SSSR count). The minimum Gasteiger partial charge on any atom is -0.467 e. The van der Waals surface area contributed by atoms with Crippen molar-refractivity contribution in [3.63, 3.8) is 0 Å². The third kappa shape index (κ3) is 3.86. The van der Waals surface area contributed by atoms with Gasteiger partial charge in [-0.3, -0.25) is 4.90 Å². The molecule has 0 N–H and O–H groups in total. The number of methoxy groups -OCH3 is 1. The van der Waals surface area contributed by atoms with E-state index in [0.29, 0.717) is 11.4 Å². The minimum atomic E-state index is -0.798. The number of anilines is 2. The minimum absolute atomic E-state index is 0.152. The van der Waals surface area contributed by atoms with E-state index in [9.17, 15) is 9.59 Å². The lowest BCUT2D eigenvalue weighted by atomic mass is 10.2. The molecule has 0 aliphatic carbocycles. The number of rotatable bonds is 4. The summed E-state index contributed by atoms with van der Waals surface area (Å²) in [6, 6.07) is 16.7. The van der Waals surface area contributed by atoms with Crippen molar-refractivity contribution in [1.29, 1.82) is 0 Å². The number of carbonyl (C=O) groups excluding carboxylic acids is 2. The van der Waals surface area contributed by atoms with Crippen molar-refractivity contribution in [1.82, 2.24) is 4.90 Å². The lowest BCUT2D eigenvalue weighted by Crippen LogP contribution is -2.47. The molecule has 0 radical (unpaired) electrons. The van der Waals surface area contributed by atoms with Gasteiger partial charge in [-0.05, 0) is 36.2 Å². The summed E-state index contributed by atoms with van der Waals surface area (Å²) in [6.07, 6.45) is 0.236. The first-order valence-corrected chi connectivity index (χ1v) is 8.48. The summed E-state index contributed by atoms with van der Waals surface area (Å²) in [5.74, 6) is -0.528. The van der Waals surface area contributed by atoms with Gasteiger partial charge in [-0.1, -0.05) is 41.5 Å². The number of carbonyl (C=O) groups is 2. The van der Waals surface area contributed by atoms with E-state index < -0.39 is 18.1 Å². The normalized spacial score (nSPS) is 18.5. The van der Waals surface area contributed by atoms with E-state index in [1.165, 1.54) is 16.9 Å². The summed E-state index contributed by atoms with van der Waals surface area (Å²) in [5.41, 5.74) is 10.1. The third-order valence-corrected chi connectivity index (χ3v) is 4.43. The van der Waals surface area contributed by atoms with Gasteiger partial charge in [-0.25, -0.2) is 9.59 Å². The summed E-state index contributed by atoms with van der Waals surface area (Å²) >= 11 is 0. The number of likely N-dealkylation sites (tertiary alicyclic amines) is 1. The Kier molecular flexibility index (Phi) is 5.58. The van der Waals surface area contributed by atoms with Gasteiger partial charge in [0.05, 0.1) is 24.5 Å². The Morgan fingerprint density at radius 1 is 1.11 bits per heavy atom. The molecule has 1 aliphatic heterocycles. The number of benzene rings is 2. The average Bonchev–Trinajstić information content (AvgIpc) is 3.13. The standard InChI is InChI=1S/C19H19N5O3/c1-27-18(25)17-12-14(21-22-20)13-23(17)19(26)24(15-8-4-2-5-9-15)16-10-6-3-7-11-16/h2-11,14,17H,12-13H2,1H3/t14-,17-/m0/s1. The molecule has 1 fully saturated rings. The number of nitrogens with zero attached hydrogens (tertiary/aromatic N) is 5. The van der Waals surface area contributed by atoms with Gasteiger partial charge in [0.1, 0.15) is 6.04 Å². The predicted molar refractivity (Wildman–Crippen MR) is 100 cm³/mol. The molecule has 2 atom stereocenters. The average molecular weight is 365 g/mol. The predicted octanol–water partition coefficient (Wildman–Crippen LogP) is 3.87. The molecule has 0 aromatic heterocycles. The van der Waals surface area contributed by atoms with Gasteiger partial charge in [0.15, 0.2) is 0 Å². The Morgan fingerprint density at radius 2 is 1.67 bits per heavy atom. The van der Waals surface area contributed by atoms with E-state index in [1.54, 1.807) is 0 Å². The van der Waals surface area contributed by atoms with E-state index in [0.717, 1.165) is 0 Å². The lowest BCUT2D eigenvalue weighted by molar-refractivity contribution is -0.144. The second-order valence-corrected chi connectivity index (χ2v) is 6.07. The molecule has 8 heteroatoms. The molecule has 2 aromatic carbocycles. The van der Waals surface area contributed by atoms with Crippen LogP contribution in [0.5, 0.6) is 0 Å². The molecular formula is C19H19N5O3. The fraction of sp³-hybridized carbons (Fsp3) is 0.263. The van der Waals surface area contributed by atoms with Crippen LogP contribution < -0.4 is 4.90 Å². The molecule has 0 spiro atoms. The SMILES string of the molecule is COC(=O)[C@@H]1C[C@H](N=[N+]=[N-])CN1C(=O)N(c1ccccc1)c1ccccc1. The first-order chi connectivity index (χ1) is 13.2. The van der Waals surface area contributed by atoms with Crippen molar-refractivity contribution < 1.29 is 14.3 Å². The molecule has 138 valence electrons. The smallest absolute Gasteiger partial charge is 0.329 e. The largest absolute Gasteiger partial charge is 0.467 e. The van der Waals surface area contributed by atoms with Crippen LogP contribution in [-0.4, -0.2) is 42.6 Å². The number of ether oxygens (including phenoxy) is 1. The van der Waals surface area contributed by atoms with Gasteiger partial charge in [-0.2, -0.15) is 0 Å². The van der Waals surface area contributed by atoms with E-state index in [4.69, 9.17) is 10.3 Å². The third-order valence-electron chi connectivity index (χ3n) is 4.43. The highest BCUT2D eigenvalue weighted by Gasteiger charge is 2.42. The summed E-state index contributed by atoms with van der Waals surface area (Å²) in [5, 5.41) is 3.69. The fourth-order valence-corrected chi connectivity index (χ4v) is 3.19. The zero-order chi connectivity index (χ0) is 19.2. The quantitative estimate of drug-likeness (QED) is 0.356. The Hall–Kier alpha value is -3.51. The number of azide groups is 1. The van der Waals surface area contributed by atoms with Crippen LogP contribution in [0.2, 0.25) is 0 Å². The molecule has 0 saturated carbocycles. The summed E-state index contributed by atoms with van der Waals surface area (Å²) in [6.45, 7) is 0.152. The van der Waals surface area contributed by atoms with Crippen LogP contribution in [0.3, 0.4) is 0 Å². The van der Waals surface area contributed by atoms with Gasteiger partial charge in [-0.15, -0.1) is 0 Å². The lowest BCUT2D eigenvalue weighted by Gasteiger charge is -2.31. The zero-order valence-corrected chi connectivity index (χ0v) is 14.8. The highest BCUT2D eigenvalue weighted by Crippen LogP contribution is 2.30.